The van der Waals surface area contributed by atoms with Gasteiger partial charge in [0.05, 0.1) is 16.8 Å². The van der Waals surface area contributed by atoms with Gasteiger partial charge in [0, 0.05) is 6.54 Å². The lowest BCUT2D eigenvalue weighted by molar-refractivity contribution is -0.141. The van der Waals surface area contributed by atoms with Crippen LogP contribution in [0.3, 0.4) is 0 Å². The predicted molar refractivity (Wildman–Crippen MR) is 78.9 cm³/mol. The van der Waals surface area contributed by atoms with Gasteiger partial charge in [-0.2, -0.15) is 13.2 Å². The number of pyridine rings is 1. The monoisotopic (exact) mass is 337 g/mol. The zero-order valence-electron chi connectivity index (χ0n) is 12.2. The van der Waals surface area contributed by atoms with Crippen molar-refractivity contribution in [1.29, 1.82) is 0 Å². The van der Waals surface area contributed by atoms with Crippen molar-refractivity contribution in [3.8, 4) is 0 Å². The summed E-state index contributed by atoms with van der Waals surface area (Å²) < 4.78 is 37.7. The molecular formula is C14H19ClF3N3O. The lowest BCUT2D eigenvalue weighted by Crippen LogP contribution is -2.51. The highest BCUT2D eigenvalue weighted by molar-refractivity contribution is 5.95. The molecule has 1 aliphatic carbocycles. The molecule has 1 aliphatic rings. The summed E-state index contributed by atoms with van der Waals surface area (Å²) in [5.74, 6) is -0.416. The molecule has 0 aliphatic heterocycles. The maximum Gasteiger partial charge on any atom is 0.433 e. The maximum atomic E-state index is 12.6. The predicted octanol–water partition coefficient (Wildman–Crippen LogP) is 2.83. The number of rotatable bonds is 3. The molecule has 1 fully saturated rings. The Hall–Kier alpha value is -1.34. The number of hydrogen-bond donors (Lipinski definition) is 2. The first-order valence-electron chi connectivity index (χ1n) is 6.85. The van der Waals surface area contributed by atoms with Crippen LogP contribution in [0.5, 0.6) is 0 Å². The number of halogens is 4. The first-order valence-corrected chi connectivity index (χ1v) is 6.85. The molecule has 1 amide bonds. The second-order valence-corrected chi connectivity index (χ2v) is 5.47. The van der Waals surface area contributed by atoms with Crippen LogP contribution in [-0.2, 0) is 6.18 Å². The Labute approximate surface area is 133 Å². The van der Waals surface area contributed by atoms with E-state index in [1.54, 1.807) is 0 Å². The lowest BCUT2D eigenvalue weighted by atomic mass is 9.97. The molecule has 124 valence electrons. The zero-order chi connectivity index (χ0) is 15.7. The van der Waals surface area contributed by atoms with E-state index in [-0.39, 0.29) is 23.7 Å². The number of nitrogens with one attached hydrogen (secondary N) is 1. The third kappa shape index (κ3) is 3.89. The third-order valence-electron chi connectivity index (χ3n) is 3.95. The minimum atomic E-state index is -4.51. The van der Waals surface area contributed by atoms with Crippen LogP contribution in [0.15, 0.2) is 12.1 Å². The van der Waals surface area contributed by atoms with Crippen LogP contribution in [0.4, 0.5) is 13.2 Å². The summed E-state index contributed by atoms with van der Waals surface area (Å²) in [4.78, 5) is 15.7. The van der Waals surface area contributed by atoms with Gasteiger partial charge in [-0.05, 0) is 31.9 Å². The van der Waals surface area contributed by atoms with Crippen LogP contribution < -0.4 is 11.1 Å². The van der Waals surface area contributed by atoms with E-state index in [4.69, 9.17) is 5.73 Å². The second kappa shape index (κ2) is 6.83. The fraction of sp³-hybridized carbons (Fsp3) is 0.571. The van der Waals surface area contributed by atoms with Crippen LogP contribution in [0.2, 0.25) is 0 Å². The molecule has 1 heterocycles. The number of alkyl halides is 3. The summed E-state index contributed by atoms with van der Waals surface area (Å²) in [6.45, 7) is 1.72. The van der Waals surface area contributed by atoms with Gasteiger partial charge in [-0.25, -0.2) is 4.98 Å². The van der Waals surface area contributed by atoms with Gasteiger partial charge in [-0.15, -0.1) is 12.4 Å². The molecule has 4 nitrogen and oxygen atoms in total. The van der Waals surface area contributed by atoms with Gasteiger partial charge < -0.3 is 11.1 Å². The van der Waals surface area contributed by atoms with Crippen molar-refractivity contribution in [3.63, 3.8) is 0 Å². The number of carbonyl (C=O) groups is 1. The maximum absolute atomic E-state index is 12.6. The number of nitrogens with zero attached hydrogens (tertiary/aromatic N) is 1. The highest BCUT2D eigenvalue weighted by atomic mass is 35.5. The molecule has 0 saturated heterocycles. The van der Waals surface area contributed by atoms with Crippen molar-refractivity contribution in [2.45, 2.75) is 44.3 Å². The highest BCUT2D eigenvalue weighted by Crippen LogP contribution is 2.30. The molecule has 0 spiro atoms. The fourth-order valence-electron chi connectivity index (χ4n) is 2.70. The second-order valence-electron chi connectivity index (χ2n) is 5.47. The molecule has 0 bridgehead atoms. The standard InChI is InChI=1S/C14H18F3N3O.ClH/c1-9-10(4-5-11(19-9)14(15,16)17)12(21)20-13(8-18)6-2-3-7-13;/h4-5H,2-3,6-8,18H2,1H3,(H,20,21);1H. The highest BCUT2D eigenvalue weighted by Gasteiger charge is 2.36. The Morgan fingerprint density at radius 3 is 2.41 bits per heavy atom. The van der Waals surface area contributed by atoms with Gasteiger partial charge in [-0.3, -0.25) is 4.79 Å². The van der Waals surface area contributed by atoms with E-state index in [1.807, 2.05) is 0 Å². The molecule has 1 saturated carbocycles. The third-order valence-corrected chi connectivity index (χ3v) is 3.95. The van der Waals surface area contributed by atoms with Gasteiger partial charge in [0.25, 0.3) is 5.91 Å². The summed E-state index contributed by atoms with van der Waals surface area (Å²) in [7, 11) is 0. The molecule has 1 aromatic rings. The lowest BCUT2D eigenvalue weighted by Gasteiger charge is -2.29. The molecule has 0 atom stereocenters. The minimum Gasteiger partial charge on any atom is -0.345 e. The number of aromatic nitrogens is 1. The number of nitrogens with two attached hydrogens (primary N) is 1. The SMILES string of the molecule is Cc1nc(C(F)(F)F)ccc1C(=O)NC1(CN)CCCC1.Cl. The summed E-state index contributed by atoms with van der Waals surface area (Å²) in [6.07, 6.45) is -0.947. The van der Waals surface area contributed by atoms with Gasteiger partial charge >= 0.3 is 6.18 Å². The van der Waals surface area contributed by atoms with Gasteiger partial charge in [0.15, 0.2) is 0 Å². The zero-order valence-corrected chi connectivity index (χ0v) is 13.0. The van der Waals surface area contributed by atoms with Crippen LogP contribution in [0, 0.1) is 6.92 Å². The summed E-state index contributed by atoms with van der Waals surface area (Å²) in [6, 6.07) is 1.99. The largest absolute Gasteiger partial charge is 0.433 e. The van der Waals surface area contributed by atoms with Crippen molar-refractivity contribution in [2.24, 2.45) is 5.73 Å². The van der Waals surface area contributed by atoms with E-state index in [1.165, 1.54) is 13.0 Å². The minimum absolute atomic E-state index is 0. The van der Waals surface area contributed by atoms with Crippen molar-refractivity contribution < 1.29 is 18.0 Å². The number of carbonyl (C=O) groups excluding carboxylic acids is 1. The smallest absolute Gasteiger partial charge is 0.345 e. The Morgan fingerprint density at radius 2 is 1.95 bits per heavy atom. The molecular weight excluding hydrogens is 319 g/mol. The van der Waals surface area contributed by atoms with Crippen LogP contribution in [-0.4, -0.2) is 23.0 Å². The summed E-state index contributed by atoms with van der Waals surface area (Å²) in [5.41, 5.74) is 4.52. The molecule has 0 radical (unpaired) electrons. The van der Waals surface area contributed by atoms with E-state index >= 15 is 0 Å². The van der Waals surface area contributed by atoms with Gasteiger partial charge in [0.1, 0.15) is 5.69 Å². The van der Waals surface area contributed by atoms with Crippen LogP contribution >= 0.6 is 12.4 Å². The normalized spacial score (nSPS) is 17.0. The number of amides is 1. The van der Waals surface area contributed by atoms with E-state index < -0.39 is 23.3 Å². The average molecular weight is 338 g/mol. The number of aryl methyl sites for hydroxylation is 1. The van der Waals surface area contributed by atoms with E-state index in [0.29, 0.717) is 6.54 Å². The first kappa shape index (κ1) is 18.7. The average Bonchev–Trinajstić information content (AvgIpc) is 2.86. The molecule has 1 aromatic heterocycles. The van der Waals surface area contributed by atoms with E-state index in [0.717, 1.165) is 31.7 Å². The molecule has 0 unspecified atom stereocenters. The van der Waals surface area contributed by atoms with E-state index in [9.17, 15) is 18.0 Å². The van der Waals surface area contributed by atoms with Gasteiger partial charge in [0.2, 0.25) is 0 Å². The molecule has 22 heavy (non-hydrogen) atoms. The van der Waals surface area contributed by atoms with Crippen molar-refractivity contribution in [1.82, 2.24) is 10.3 Å². The quantitative estimate of drug-likeness (QED) is 0.891. The van der Waals surface area contributed by atoms with Crippen molar-refractivity contribution >= 4 is 18.3 Å². The topological polar surface area (TPSA) is 68.0 Å². The van der Waals surface area contributed by atoms with E-state index in [2.05, 4.69) is 10.3 Å². The van der Waals surface area contributed by atoms with Crippen LogP contribution in [0.1, 0.15) is 47.4 Å². The number of hydrogen-bond acceptors (Lipinski definition) is 3. The molecule has 0 aromatic carbocycles. The summed E-state index contributed by atoms with van der Waals surface area (Å²) >= 11 is 0. The Kier molecular flexibility index (Phi) is 5.81. The fourth-order valence-corrected chi connectivity index (χ4v) is 2.70. The van der Waals surface area contributed by atoms with Crippen molar-refractivity contribution in [2.75, 3.05) is 6.54 Å². The van der Waals surface area contributed by atoms with Crippen LogP contribution in [0.25, 0.3) is 0 Å². The molecule has 3 N–H and O–H groups in total. The summed E-state index contributed by atoms with van der Waals surface area (Å²) in [5, 5.41) is 2.87. The molecule has 2 rings (SSSR count). The van der Waals surface area contributed by atoms with Crippen molar-refractivity contribution in [3.05, 3.63) is 29.1 Å². The first-order chi connectivity index (χ1) is 9.77. The Balaban J connectivity index is 0.00000242. The Bertz CT molecular complexity index is 543. The van der Waals surface area contributed by atoms with Gasteiger partial charge in [-0.1, -0.05) is 12.8 Å². The molecule has 8 heteroatoms. The Morgan fingerprint density at radius 1 is 1.36 bits per heavy atom.